The van der Waals surface area contributed by atoms with Crippen molar-refractivity contribution in [2.75, 3.05) is 44.8 Å². The first-order chi connectivity index (χ1) is 12.2. The number of rotatable bonds is 2. The molecule has 1 unspecified atom stereocenters. The number of fused-ring (bicyclic) bond motifs is 1. The van der Waals surface area contributed by atoms with E-state index in [4.69, 9.17) is 16.3 Å². The molecule has 2 heterocycles. The molecule has 0 aromatic heterocycles. The molecule has 3 nitrogen and oxygen atoms in total. The summed E-state index contributed by atoms with van der Waals surface area (Å²) in [6, 6.07) is 15.4. The molecule has 132 valence electrons. The van der Waals surface area contributed by atoms with Crippen molar-refractivity contribution in [1.29, 1.82) is 0 Å². The summed E-state index contributed by atoms with van der Waals surface area (Å²) < 4.78 is 5.49. The van der Waals surface area contributed by atoms with Crippen LogP contribution in [0.15, 0.2) is 42.5 Å². The Morgan fingerprint density at radius 1 is 1.00 bits per heavy atom. The van der Waals surface area contributed by atoms with E-state index in [0.717, 1.165) is 50.8 Å². The van der Waals surface area contributed by atoms with E-state index in [-0.39, 0.29) is 0 Å². The third-order valence-corrected chi connectivity index (χ3v) is 5.64. The average Bonchev–Trinajstić information content (AvgIpc) is 2.81. The molecule has 1 saturated heterocycles. The lowest BCUT2D eigenvalue weighted by Crippen LogP contribution is -2.36. The minimum absolute atomic E-state index is 0.441. The van der Waals surface area contributed by atoms with Gasteiger partial charge in [0.2, 0.25) is 0 Å². The average molecular weight is 357 g/mol. The van der Waals surface area contributed by atoms with Crippen LogP contribution in [0.5, 0.6) is 0 Å². The number of hydrogen-bond acceptors (Lipinski definition) is 3. The molecule has 1 atom stereocenters. The molecule has 1 fully saturated rings. The molecular formula is C21H25ClN2O. The molecule has 4 heteroatoms. The molecule has 0 radical (unpaired) electrons. The van der Waals surface area contributed by atoms with Crippen molar-refractivity contribution in [3.05, 3.63) is 64.2 Å². The van der Waals surface area contributed by atoms with Gasteiger partial charge in [-0.1, -0.05) is 29.8 Å². The lowest BCUT2D eigenvalue weighted by molar-refractivity contribution is 0.122. The molecule has 2 aliphatic heterocycles. The van der Waals surface area contributed by atoms with Gasteiger partial charge < -0.3 is 14.5 Å². The van der Waals surface area contributed by atoms with Crippen LogP contribution < -0.4 is 4.90 Å². The van der Waals surface area contributed by atoms with Crippen LogP contribution in [0.3, 0.4) is 0 Å². The van der Waals surface area contributed by atoms with Crippen molar-refractivity contribution in [1.82, 2.24) is 4.90 Å². The van der Waals surface area contributed by atoms with E-state index < -0.39 is 0 Å². The van der Waals surface area contributed by atoms with Gasteiger partial charge in [-0.05, 0) is 61.0 Å². The second-order valence-electron chi connectivity index (χ2n) is 7.11. The highest BCUT2D eigenvalue weighted by molar-refractivity contribution is 6.30. The zero-order valence-corrected chi connectivity index (χ0v) is 15.5. The van der Waals surface area contributed by atoms with Crippen LogP contribution in [0.25, 0.3) is 0 Å². The fourth-order valence-corrected chi connectivity index (χ4v) is 4.13. The molecule has 2 aliphatic rings. The predicted octanol–water partition coefficient (Wildman–Crippen LogP) is 4.14. The summed E-state index contributed by atoms with van der Waals surface area (Å²) in [4.78, 5) is 4.86. The Hall–Kier alpha value is -1.55. The van der Waals surface area contributed by atoms with E-state index in [1.165, 1.54) is 22.4 Å². The van der Waals surface area contributed by atoms with E-state index in [1.807, 2.05) is 12.1 Å². The fraction of sp³-hybridized carbons (Fsp3) is 0.429. The van der Waals surface area contributed by atoms with Crippen LogP contribution in [0.4, 0.5) is 5.69 Å². The standard InChI is InChI=1S/C21H25ClN2O/c1-23-9-8-21(16-2-4-18(22)5-3-16)20-7-6-19(14-17(20)15-23)24-10-12-25-13-11-24/h2-7,14,21H,8-13,15H2,1H3. The maximum atomic E-state index is 6.09. The molecule has 0 N–H and O–H groups in total. The van der Waals surface area contributed by atoms with E-state index in [0.29, 0.717) is 5.92 Å². The Morgan fingerprint density at radius 3 is 2.52 bits per heavy atom. The maximum absolute atomic E-state index is 6.09. The van der Waals surface area contributed by atoms with Gasteiger partial charge in [0.1, 0.15) is 0 Å². The second-order valence-corrected chi connectivity index (χ2v) is 7.55. The molecular weight excluding hydrogens is 332 g/mol. The highest BCUT2D eigenvalue weighted by Gasteiger charge is 2.23. The van der Waals surface area contributed by atoms with Gasteiger partial charge in [0.05, 0.1) is 13.2 Å². The van der Waals surface area contributed by atoms with Crippen LogP contribution >= 0.6 is 11.6 Å². The van der Waals surface area contributed by atoms with E-state index in [1.54, 1.807) is 0 Å². The number of morpholine rings is 1. The zero-order chi connectivity index (χ0) is 17.2. The second kappa shape index (κ2) is 7.36. The Labute approximate surface area is 155 Å². The largest absolute Gasteiger partial charge is 0.378 e. The number of nitrogens with zero attached hydrogens (tertiary/aromatic N) is 2. The number of benzene rings is 2. The number of hydrogen-bond donors (Lipinski definition) is 0. The van der Waals surface area contributed by atoms with Crippen molar-refractivity contribution in [3.8, 4) is 0 Å². The normalized spacial score (nSPS) is 21.7. The maximum Gasteiger partial charge on any atom is 0.0642 e. The molecule has 0 spiro atoms. The molecule has 0 saturated carbocycles. The number of anilines is 1. The van der Waals surface area contributed by atoms with Crippen molar-refractivity contribution in [3.63, 3.8) is 0 Å². The van der Waals surface area contributed by atoms with E-state index >= 15 is 0 Å². The third kappa shape index (κ3) is 3.69. The van der Waals surface area contributed by atoms with Crippen molar-refractivity contribution < 1.29 is 4.74 Å². The minimum atomic E-state index is 0.441. The van der Waals surface area contributed by atoms with Crippen LogP contribution in [0.1, 0.15) is 29.0 Å². The lowest BCUT2D eigenvalue weighted by Gasteiger charge is -2.30. The molecule has 25 heavy (non-hydrogen) atoms. The monoisotopic (exact) mass is 356 g/mol. The first kappa shape index (κ1) is 16.9. The minimum Gasteiger partial charge on any atom is -0.378 e. The summed E-state index contributed by atoms with van der Waals surface area (Å²) in [7, 11) is 2.22. The Balaban J connectivity index is 1.69. The van der Waals surface area contributed by atoms with Gasteiger partial charge in [-0.3, -0.25) is 0 Å². The Bertz CT molecular complexity index is 725. The molecule has 0 amide bonds. The van der Waals surface area contributed by atoms with Crippen molar-refractivity contribution in [2.24, 2.45) is 0 Å². The van der Waals surface area contributed by atoms with Crippen LogP contribution in [-0.4, -0.2) is 44.8 Å². The van der Waals surface area contributed by atoms with E-state index in [2.05, 4.69) is 47.2 Å². The third-order valence-electron chi connectivity index (χ3n) is 5.39. The Kier molecular flexibility index (Phi) is 4.98. The van der Waals surface area contributed by atoms with Crippen molar-refractivity contribution in [2.45, 2.75) is 18.9 Å². The number of ether oxygens (including phenoxy) is 1. The Morgan fingerprint density at radius 2 is 1.76 bits per heavy atom. The fourth-order valence-electron chi connectivity index (χ4n) is 4.00. The molecule has 2 aromatic rings. The summed E-state index contributed by atoms with van der Waals surface area (Å²) >= 11 is 6.09. The lowest BCUT2D eigenvalue weighted by atomic mass is 9.86. The first-order valence-corrected chi connectivity index (χ1v) is 9.48. The van der Waals surface area contributed by atoms with Gasteiger partial charge in [-0.2, -0.15) is 0 Å². The van der Waals surface area contributed by atoms with Gasteiger partial charge >= 0.3 is 0 Å². The van der Waals surface area contributed by atoms with E-state index in [9.17, 15) is 0 Å². The molecule has 0 aliphatic carbocycles. The topological polar surface area (TPSA) is 15.7 Å². The summed E-state index contributed by atoms with van der Waals surface area (Å²) in [5.74, 6) is 0.441. The molecule has 0 bridgehead atoms. The summed E-state index contributed by atoms with van der Waals surface area (Å²) in [6.45, 7) is 5.73. The summed E-state index contributed by atoms with van der Waals surface area (Å²) in [6.07, 6.45) is 1.14. The smallest absolute Gasteiger partial charge is 0.0642 e. The van der Waals surface area contributed by atoms with Gasteiger partial charge in [-0.25, -0.2) is 0 Å². The predicted molar refractivity (Wildman–Crippen MR) is 104 cm³/mol. The quantitative estimate of drug-likeness (QED) is 0.804. The van der Waals surface area contributed by atoms with Crippen LogP contribution in [-0.2, 0) is 11.3 Å². The zero-order valence-electron chi connectivity index (χ0n) is 14.7. The highest BCUT2D eigenvalue weighted by atomic mass is 35.5. The van der Waals surface area contributed by atoms with Gasteiger partial charge in [0.15, 0.2) is 0 Å². The summed E-state index contributed by atoms with van der Waals surface area (Å²) in [5, 5.41) is 0.803. The highest BCUT2D eigenvalue weighted by Crippen LogP contribution is 2.36. The van der Waals surface area contributed by atoms with Crippen LogP contribution in [0.2, 0.25) is 5.02 Å². The first-order valence-electron chi connectivity index (χ1n) is 9.10. The molecule has 4 rings (SSSR count). The van der Waals surface area contributed by atoms with Crippen LogP contribution in [0, 0.1) is 0 Å². The van der Waals surface area contributed by atoms with Gasteiger partial charge in [0.25, 0.3) is 0 Å². The number of halogens is 1. The van der Waals surface area contributed by atoms with Gasteiger partial charge in [-0.15, -0.1) is 0 Å². The summed E-state index contributed by atoms with van der Waals surface area (Å²) in [5.41, 5.74) is 5.60. The molecule has 2 aromatic carbocycles. The van der Waals surface area contributed by atoms with Crippen molar-refractivity contribution >= 4 is 17.3 Å². The SMILES string of the molecule is CN1CCC(c2ccc(Cl)cc2)c2ccc(N3CCOCC3)cc2C1. The van der Waals surface area contributed by atoms with Gasteiger partial charge in [0, 0.05) is 36.3 Å².